The lowest BCUT2D eigenvalue weighted by molar-refractivity contribution is 0.0675. The van der Waals surface area contributed by atoms with E-state index in [1.165, 1.54) is 0 Å². The van der Waals surface area contributed by atoms with E-state index >= 15 is 0 Å². The van der Waals surface area contributed by atoms with E-state index in [0.29, 0.717) is 13.2 Å². The van der Waals surface area contributed by atoms with Crippen LogP contribution in [0.25, 0.3) is 0 Å². The molecule has 0 aliphatic rings. The van der Waals surface area contributed by atoms with Crippen molar-refractivity contribution in [1.82, 2.24) is 0 Å². The van der Waals surface area contributed by atoms with Gasteiger partial charge in [-0.1, -0.05) is 55.0 Å². The van der Waals surface area contributed by atoms with Crippen LogP contribution in [0.1, 0.15) is 24.5 Å². The highest BCUT2D eigenvalue weighted by Crippen LogP contribution is 2.16. The monoisotopic (exact) mass is 348 g/mol. The maximum Gasteiger partial charge on any atom is 0.296 e. The van der Waals surface area contributed by atoms with Crippen LogP contribution in [-0.4, -0.2) is 21.6 Å². The van der Waals surface area contributed by atoms with Gasteiger partial charge in [-0.25, -0.2) is 0 Å². The van der Waals surface area contributed by atoms with Crippen molar-refractivity contribution < 1.29 is 17.3 Å². The number of aryl methyl sites for hydroxylation is 1. The Kier molecular flexibility index (Phi) is 6.97. The Bertz CT molecular complexity index is 709. The average molecular weight is 348 g/mol. The van der Waals surface area contributed by atoms with E-state index in [1.807, 2.05) is 44.2 Å². The number of hydrogen-bond donors (Lipinski definition) is 0. The van der Waals surface area contributed by atoms with Gasteiger partial charge in [-0.05, 0) is 31.0 Å². The van der Waals surface area contributed by atoms with E-state index < -0.39 is 10.1 Å². The van der Waals surface area contributed by atoms with E-state index in [9.17, 15) is 8.42 Å². The Morgan fingerprint density at radius 2 is 1.62 bits per heavy atom. The van der Waals surface area contributed by atoms with Crippen LogP contribution < -0.4 is 0 Å². The third-order valence-corrected chi connectivity index (χ3v) is 5.11. The first kappa shape index (κ1) is 18.6. The van der Waals surface area contributed by atoms with Crippen LogP contribution in [0.15, 0.2) is 59.5 Å². The van der Waals surface area contributed by atoms with Crippen LogP contribution in [0.3, 0.4) is 0 Å². The predicted octanol–water partition coefficient (Wildman–Crippen LogP) is 3.94. The maximum absolute atomic E-state index is 12.2. The molecular formula is C19H24O4S. The Morgan fingerprint density at radius 3 is 2.25 bits per heavy atom. The van der Waals surface area contributed by atoms with Crippen molar-refractivity contribution in [1.29, 1.82) is 0 Å². The Labute approximate surface area is 144 Å². The molecule has 0 amide bonds. The normalized spacial score (nSPS) is 12.9. The summed E-state index contributed by atoms with van der Waals surface area (Å²) in [5.41, 5.74) is 2.11. The molecule has 1 atom stereocenters. The molecule has 0 saturated heterocycles. The van der Waals surface area contributed by atoms with Gasteiger partial charge in [-0.3, -0.25) is 4.18 Å². The van der Waals surface area contributed by atoms with Gasteiger partial charge < -0.3 is 4.74 Å². The Hall–Kier alpha value is -1.69. The Balaban J connectivity index is 1.83. The molecule has 2 rings (SSSR count). The second kappa shape index (κ2) is 8.97. The van der Waals surface area contributed by atoms with Gasteiger partial charge in [0.2, 0.25) is 0 Å². The first-order valence-electron chi connectivity index (χ1n) is 8.09. The summed E-state index contributed by atoms with van der Waals surface area (Å²) in [5, 5.41) is 0. The third-order valence-electron chi connectivity index (χ3n) is 3.81. The molecule has 2 aromatic rings. The molecule has 24 heavy (non-hydrogen) atoms. The lowest BCUT2D eigenvalue weighted by Crippen LogP contribution is -2.18. The summed E-state index contributed by atoms with van der Waals surface area (Å²) in [4.78, 5) is 0.188. The zero-order valence-electron chi connectivity index (χ0n) is 14.1. The van der Waals surface area contributed by atoms with Crippen molar-refractivity contribution in [3.63, 3.8) is 0 Å². The standard InChI is InChI=1S/C19H24O4S/c1-3-17(13-22-14-18-7-5-4-6-8-18)15-23-24(20,21)19-11-9-16(2)10-12-19/h4-12,17H,3,13-15H2,1-2H3/t17-/m0/s1. The fraction of sp³-hybridized carbons (Fsp3) is 0.368. The molecule has 0 fully saturated rings. The van der Waals surface area contributed by atoms with Gasteiger partial charge >= 0.3 is 0 Å². The van der Waals surface area contributed by atoms with E-state index in [4.69, 9.17) is 8.92 Å². The molecule has 0 unspecified atom stereocenters. The predicted molar refractivity (Wildman–Crippen MR) is 94.2 cm³/mol. The first-order valence-corrected chi connectivity index (χ1v) is 9.50. The number of rotatable bonds is 9. The molecular weight excluding hydrogens is 324 g/mol. The van der Waals surface area contributed by atoms with Crippen molar-refractivity contribution in [3.05, 3.63) is 65.7 Å². The fourth-order valence-corrected chi connectivity index (χ4v) is 3.14. The first-order chi connectivity index (χ1) is 11.5. The topological polar surface area (TPSA) is 52.6 Å². The number of hydrogen-bond acceptors (Lipinski definition) is 4. The van der Waals surface area contributed by atoms with E-state index in [0.717, 1.165) is 17.5 Å². The molecule has 5 heteroatoms. The summed E-state index contributed by atoms with van der Waals surface area (Å²) in [6.45, 7) is 5.02. The molecule has 0 radical (unpaired) electrons. The fourth-order valence-electron chi connectivity index (χ4n) is 2.16. The number of benzene rings is 2. The zero-order chi connectivity index (χ0) is 17.4. The van der Waals surface area contributed by atoms with Crippen molar-refractivity contribution >= 4 is 10.1 Å². The lowest BCUT2D eigenvalue weighted by Gasteiger charge is -2.15. The smallest absolute Gasteiger partial charge is 0.296 e. The summed E-state index contributed by atoms with van der Waals surface area (Å²) in [7, 11) is -3.71. The third kappa shape index (κ3) is 5.74. The minimum atomic E-state index is -3.71. The van der Waals surface area contributed by atoms with Crippen LogP contribution in [0.4, 0.5) is 0 Å². The number of ether oxygens (including phenoxy) is 1. The van der Waals surface area contributed by atoms with E-state index in [1.54, 1.807) is 24.3 Å². The van der Waals surface area contributed by atoms with Crippen molar-refractivity contribution in [3.8, 4) is 0 Å². The molecule has 0 bridgehead atoms. The minimum Gasteiger partial charge on any atom is -0.376 e. The summed E-state index contributed by atoms with van der Waals surface area (Å²) >= 11 is 0. The maximum atomic E-state index is 12.2. The second-order valence-corrected chi connectivity index (χ2v) is 7.44. The summed E-state index contributed by atoms with van der Waals surface area (Å²) in [6, 6.07) is 16.5. The molecule has 130 valence electrons. The molecule has 0 heterocycles. The van der Waals surface area contributed by atoms with Crippen molar-refractivity contribution in [2.24, 2.45) is 5.92 Å². The molecule has 0 spiro atoms. The van der Waals surface area contributed by atoms with Crippen LogP contribution in [0, 0.1) is 12.8 Å². The van der Waals surface area contributed by atoms with E-state index in [-0.39, 0.29) is 17.4 Å². The summed E-state index contributed by atoms with van der Waals surface area (Å²) in [5.74, 6) is 0.0361. The average Bonchev–Trinajstić information content (AvgIpc) is 2.59. The SMILES string of the molecule is CC[C@@H](COCc1ccccc1)COS(=O)(=O)c1ccc(C)cc1. The van der Waals surface area contributed by atoms with Gasteiger partial charge in [-0.15, -0.1) is 0 Å². The second-order valence-electron chi connectivity index (χ2n) is 5.83. The molecule has 4 nitrogen and oxygen atoms in total. The molecule has 0 aliphatic heterocycles. The Morgan fingerprint density at radius 1 is 0.958 bits per heavy atom. The quantitative estimate of drug-likeness (QED) is 0.644. The van der Waals surface area contributed by atoms with Gasteiger partial charge in [0.05, 0.1) is 24.7 Å². The van der Waals surface area contributed by atoms with Crippen LogP contribution >= 0.6 is 0 Å². The molecule has 0 saturated carbocycles. The van der Waals surface area contributed by atoms with Crippen LogP contribution in [0.2, 0.25) is 0 Å². The molecule has 2 aromatic carbocycles. The largest absolute Gasteiger partial charge is 0.376 e. The van der Waals surface area contributed by atoms with Crippen molar-refractivity contribution in [2.75, 3.05) is 13.2 Å². The summed E-state index contributed by atoms with van der Waals surface area (Å²) in [6.07, 6.45) is 0.790. The summed E-state index contributed by atoms with van der Waals surface area (Å²) < 4.78 is 35.3. The highest BCUT2D eigenvalue weighted by Gasteiger charge is 2.18. The van der Waals surface area contributed by atoms with Gasteiger partial charge in [0.25, 0.3) is 10.1 Å². The highest BCUT2D eigenvalue weighted by atomic mass is 32.2. The zero-order valence-corrected chi connectivity index (χ0v) is 15.0. The lowest BCUT2D eigenvalue weighted by atomic mass is 10.1. The van der Waals surface area contributed by atoms with Gasteiger partial charge in [0.1, 0.15) is 0 Å². The van der Waals surface area contributed by atoms with E-state index in [2.05, 4.69) is 0 Å². The molecule has 0 N–H and O–H groups in total. The molecule has 0 aliphatic carbocycles. The minimum absolute atomic E-state index is 0.0361. The van der Waals surface area contributed by atoms with Crippen molar-refractivity contribution in [2.45, 2.75) is 31.8 Å². The van der Waals surface area contributed by atoms with Crippen LogP contribution in [0.5, 0.6) is 0 Å². The molecule has 0 aromatic heterocycles. The highest BCUT2D eigenvalue weighted by molar-refractivity contribution is 7.86. The van der Waals surface area contributed by atoms with Gasteiger partial charge in [0.15, 0.2) is 0 Å². The van der Waals surface area contributed by atoms with Gasteiger partial charge in [0, 0.05) is 5.92 Å². The van der Waals surface area contributed by atoms with Crippen LogP contribution in [-0.2, 0) is 25.6 Å². The van der Waals surface area contributed by atoms with Gasteiger partial charge in [-0.2, -0.15) is 8.42 Å².